The van der Waals surface area contributed by atoms with E-state index in [0.29, 0.717) is 12.1 Å². The molecule has 0 bridgehead atoms. The normalized spacial score (nSPS) is 13.4. The average Bonchev–Trinajstić information content (AvgIpc) is 2.15. The predicted octanol–water partition coefficient (Wildman–Crippen LogP) is 1.89. The minimum absolute atomic E-state index is 0.234. The zero-order valence-electron chi connectivity index (χ0n) is 8.53. The summed E-state index contributed by atoms with van der Waals surface area (Å²) in [5.41, 5.74) is 4.19. The van der Waals surface area contributed by atoms with E-state index < -0.39 is 35.9 Å². The second kappa shape index (κ2) is 4.62. The Balaban J connectivity index is 3.10. The van der Waals surface area contributed by atoms with Crippen molar-refractivity contribution in [3.05, 3.63) is 29.3 Å². The number of aliphatic carboxylic acids is 1. The molecule has 0 fully saturated rings. The van der Waals surface area contributed by atoms with E-state index in [1.807, 2.05) is 0 Å². The number of phenols is 1. The quantitative estimate of drug-likeness (QED) is 0.763. The van der Waals surface area contributed by atoms with Gasteiger partial charge in [0.25, 0.3) is 0 Å². The van der Waals surface area contributed by atoms with Crippen molar-refractivity contribution < 1.29 is 28.2 Å². The van der Waals surface area contributed by atoms with Crippen LogP contribution in [0.2, 0.25) is 0 Å². The van der Waals surface area contributed by atoms with Gasteiger partial charge in [-0.3, -0.25) is 4.79 Å². The van der Waals surface area contributed by atoms with Crippen LogP contribution >= 0.6 is 0 Å². The predicted molar refractivity (Wildman–Crippen MR) is 52.3 cm³/mol. The largest absolute Gasteiger partial charge is 0.508 e. The number of alkyl halides is 3. The molecule has 1 aromatic rings. The molecule has 0 amide bonds. The number of hydrogen-bond donors (Lipinski definition) is 3. The zero-order chi connectivity index (χ0) is 13.2. The van der Waals surface area contributed by atoms with Crippen LogP contribution in [0.4, 0.5) is 13.2 Å². The number of halogens is 3. The third-order valence-electron chi connectivity index (χ3n) is 2.15. The van der Waals surface area contributed by atoms with E-state index in [0.717, 1.165) is 6.07 Å². The molecule has 4 nitrogen and oxygen atoms in total. The highest BCUT2D eigenvalue weighted by Gasteiger charge is 2.31. The molecule has 94 valence electrons. The first-order chi connectivity index (χ1) is 7.71. The molecule has 17 heavy (non-hydrogen) atoms. The first kappa shape index (κ1) is 13.3. The van der Waals surface area contributed by atoms with Crippen LogP contribution in [0.3, 0.4) is 0 Å². The summed E-state index contributed by atoms with van der Waals surface area (Å²) in [5.74, 6) is -1.71. The van der Waals surface area contributed by atoms with Crippen molar-refractivity contribution >= 4 is 5.97 Å². The summed E-state index contributed by atoms with van der Waals surface area (Å²) in [7, 11) is 0. The van der Waals surface area contributed by atoms with Crippen LogP contribution in [0, 0.1) is 0 Å². The maximum Gasteiger partial charge on any atom is 0.416 e. The summed E-state index contributed by atoms with van der Waals surface area (Å²) in [5, 5.41) is 17.8. The molecule has 0 aliphatic rings. The number of benzene rings is 1. The van der Waals surface area contributed by atoms with Crippen molar-refractivity contribution in [1.29, 1.82) is 0 Å². The van der Waals surface area contributed by atoms with Crippen LogP contribution in [-0.2, 0) is 11.0 Å². The third-order valence-corrected chi connectivity index (χ3v) is 2.15. The van der Waals surface area contributed by atoms with E-state index >= 15 is 0 Å². The summed E-state index contributed by atoms with van der Waals surface area (Å²) >= 11 is 0. The van der Waals surface area contributed by atoms with Gasteiger partial charge in [0.05, 0.1) is 12.0 Å². The van der Waals surface area contributed by atoms with Gasteiger partial charge < -0.3 is 15.9 Å². The highest BCUT2D eigenvalue weighted by molar-refractivity contribution is 5.68. The molecule has 7 heteroatoms. The molecule has 1 aromatic carbocycles. The Kier molecular flexibility index (Phi) is 3.62. The number of carbonyl (C=O) groups is 1. The van der Waals surface area contributed by atoms with Gasteiger partial charge in [0.2, 0.25) is 0 Å². The Labute approximate surface area is 94.5 Å². The van der Waals surface area contributed by atoms with Gasteiger partial charge in [0, 0.05) is 11.6 Å². The number of carboxylic acid groups (broad SMARTS) is 1. The van der Waals surface area contributed by atoms with Gasteiger partial charge in [-0.05, 0) is 18.2 Å². The van der Waals surface area contributed by atoms with E-state index in [-0.39, 0.29) is 5.56 Å². The van der Waals surface area contributed by atoms with Crippen LogP contribution < -0.4 is 5.73 Å². The molecule has 0 aliphatic heterocycles. The number of phenolic OH excluding ortho intramolecular Hbond substituents is 1. The zero-order valence-corrected chi connectivity index (χ0v) is 8.53. The Bertz CT molecular complexity index is 431. The summed E-state index contributed by atoms with van der Waals surface area (Å²) < 4.78 is 37.2. The molecule has 0 aliphatic carbocycles. The first-order valence-corrected chi connectivity index (χ1v) is 4.59. The Morgan fingerprint density at radius 2 is 2.00 bits per heavy atom. The lowest BCUT2D eigenvalue weighted by atomic mass is 10.0. The Morgan fingerprint density at radius 3 is 2.47 bits per heavy atom. The van der Waals surface area contributed by atoms with E-state index in [9.17, 15) is 23.1 Å². The fourth-order valence-corrected chi connectivity index (χ4v) is 1.33. The van der Waals surface area contributed by atoms with E-state index in [1.165, 1.54) is 0 Å². The Morgan fingerprint density at radius 1 is 1.41 bits per heavy atom. The van der Waals surface area contributed by atoms with Gasteiger partial charge >= 0.3 is 12.1 Å². The number of rotatable bonds is 3. The van der Waals surface area contributed by atoms with Gasteiger partial charge in [-0.1, -0.05) is 0 Å². The number of nitrogens with two attached hydrogens (primary N) is 1. The van der Waals surface area contributed by atoms with Gasteiger partial charge in [0.15, 0.2) is 0 Å². The number of hydrogen-bond acceptors (Lipinski definition) is 3. The van der Waals surface area contributed by atoms with Crippen LogP contribution in [0.1, 0.15) is 23.6 Å². The summed E-state index contributed by atoms with van der Waals surface area (Å²) in [6.45, 7) is 0. The fraction of sp³-hybridized carbons (Fsp3) is 0.300. The maximum atomic E-state index is 12.4. The standard InChI is InChI=1S/C10H10F3NO3/c11-10(12,13)5-1-2-8(15)6(3-5)7(14)4-9(16)17/h1-3,7,15H,4,14H2,(H,16,17)/t7-/m0/s1. The molecule has 1 atom stereocenters. The number of carboxylic acids is 1. The summed E-state index contributed by atoms with van der Waals surface area (Å²) in [6, 6.07) is 1.02. The minimum Gasteiger partial charge on any atom is -0.508 e. The van der Waals surface area contributed by atoms with E-state index in [1.54, 1.807) is 0 Å². The molecule has 0 saturated heterocycles. The lowest BCUT2D eigenvalue weighted by Crippen LogP contribution is -2.16. The van der Waals surface area contributed by atoms with E-state index in [2.05, 4.69) is 0 Å². The van der Waals surface area contributed by atoms with Gasteiger partial charge in [-0.15, -0.1) is 0 Å². The fourth-order valence-electron chi connectivity index (χ4n) is 1.33. The molecule has 4 N–H and O–H groups in total. The number of aromatic hydroxyl groups is 1. The Hall–Kier alpha value is -1.76. The van der Waals surface area contributed by atoms with Crippen molar-refractivity contribution in [3.63, 3.8) is 0 Å². The second-order valence-electron chi connectivity index (χ2n) is 3.48. The highest BCUT2D eigenvalue weighted by atomic mass is 19.4. The monoisotopic (exact) mass is 249 g/mol. The maximum absolute atomic E-state index is 12.4. The molecular formula is C10H10F3NO3. The van der Waals surface area contributed by atoms with Gasteiger partial charge in [-0.2, -0.15) is 13.2 Å². The van der Waals surface area contributed by atoms with Crippen LogP contribution in [-0.4, -0.2) is 16.2 Å². The smallest absolute Gasteiger partial charge is 0.416 e. The molecule has 0 aromatic heterocycles. The van der Waals surface area contributed by atoms with Crippen LogP contribution in [0.15, 0.2) is 18.2 Å². The summed E-state index contributed by atoms with van der Waals surface area (Å²) in [6.07, 6.45) is -5.12. The molecule has 1 rings (SSSR count). The first-order valence-electron chi connectivity index (χ1n) is 4.59. The summed E-state index contributed by atoms with van der Waals surface area (Å²) in [4.78, 5) is 10.4. The molecule has 0 heterocycles. The van der Waals surface area contributed by atoms with Crippen molar-refractivity contribution in [3.8, 4) is 5.75 Å². The molecular weight excluding hydrogens is 239 g/mol. The highest BCUT2D eigenvalue weighted by Crippen LogP contribution is 2.34. The third kappa shape index (κ3) is 3.35. The lowest BCUT2D eigenvalue weighted by molar-refractivity contribution is -0.138. The van der Waals surface area contributed by atoms with Crippen LogP contribution in [0.5, 0.6) is 5.75 Å². The van der Waals surface area contributed by atoms with Crippen LogP contribution in [0.25, 0.3) is 0 Å². The van der Waals surface area contributed by atoms with Crippen molar-refractivity contribution in [2.75, 3.05) is 0 Å². The van der Waals surface area contributed by atoms with Gasteiger partial charge in [-0.25, -0.2) is 0 Å². The van der Waals surface area contributed by atoms with Crippen molar-refractivity contribution in [2.45, 2.75) is 18.6 Å². The van der Waals surface area contributed by atoms with Crippen molar-refractivity contribution in [1.82, 2.24) is 0 Å². The van der Waals surface area contributed by atoms with Crippen molar-refractivity contribution in [2.24, 2.45) is 5.73 Å². The van der Waals surface area contributed by atoms with Gasteiger partial charge in [0.1, 0.15) is 5.75 Å². The average molecular weight is 249 g/mol. The van der Waals surface area contributed by atoms with E-state index in [4.69, 9.17) is 10.8 Å². The molecule has 0 saturated carbocycles. The SMILES string of the molecule is N[C@@H](CC(=O)O)c1cc(C(F)(F)F)ccc1O. The molecule has 0 spiro atoms. The lowest BCUT2D eigenvalue weighted by Gasteiger charge is -2.14. The minimum atomic E-state index is -4.56. The second-order valence-corrected chi connectivity index (χ2v) is 3.48. The molecule has 0 radical (unpaired) electrons. The topological polar surface area (TPSA) is 83.6 Å². The molecule has 0 unspecified atom stereocenters.